The van der Waals surface area contributed by atoms with Crippen LogP contribution in [0, 0.1) is 0 Å². The molecule has 0 aliphatic rings. The van der Waals surface area contributed by atoms with Gasteiger partial charge in [0.25, 0.3) is 0 Å². The molecule has 0 nitrogen and oxygen atoms in total. The third-order valence-corrected chi connectivity index (χ3v) is 1.73. The van der Waals surface area contributed by atoms with Crippen molar-refractivity contribution in [1.29, 1.82) is 0 Å². The fraction of sp³-hybridized carbons (Fsp3) is 0.500. The molecule has 0 aromatic rings. The van der Waals surface area contributed by atoms with Gasteiger partial charge in [-0.25, -0.2) is 0 Å². The fourth-order valence-electron chi connectivity index (χ4n) is 0.105. The molecule has 34 valence electrons. The van der Waals surface area contributed by atoms with Crippen LogP contribution in [-0.2, 0) is 17.6 Å². The summed E-state index contributed by atoms with van der Waals surface area (Å²) in [7, 11) is 0. The predicted octanol–water partition coefficient (Wildman–Crippen LogP) is 0.713. The van der Waals surface area contributed by atoms with E-state index < -0.39 is 0 Å². The van der Waals surface area contributed by atoms with Gasteiger partial charge in [0.15, 0.2) is 0 Å². The molecule has 0 aliphatic carbocycles. The minimum absolute atomic E-state index is 0.373. The SMILES string of the molecule is C[CH]=[Pt]=[CH]C. The molecule has 0 rings (SSSR count). The molecule has 0 bridgehead atoms. The summed E-state index contributed by atoms with van der Waals surface area (Å²) in [4.78, 5) is 0. The average molecular weight is 251 g/mol. The summed E-state index contributed by atoms with van der Waals surface area (Å²) in [6.45, 7) is 4.21. The summed E-state index contributed by atoms with van der Waals surface area (Å²) >= 11 is 0.373. The molecule has 0 atom stereocenters. The Kier molecular flexibility index (Phi) is 4.81. The second-order valence-electron chi connectivity index (χ2n) is 0.471. The van der Waals surface area contributed by atoms with Crippen molar-refractivity contribution in [2.45, 2.75) is 13.8 Å². The van der Waals surface area contributed by atoms with Crippen molar-refractivity contribution in [2.75, 3.05) is 0 Å². The van der Waals surface area contributed by atoms with Gasteiger partial charge in [0.05, 0.1) is 0 Å². The van der Waals surface area contributed by atoms with Crippen LogP contribution < -0.4 is 0 Å². The molecule has 0 aromatic heterocycles. The normalized spacial score (nSPS) is 7.60. The van der Waals surface area contributed by atoms with Gasteiger partial charge >= 0.3 is 40.3 Å². The van der Waals surface area contributed by atoms with Gasteiger partial charge in [0.1, 0.15) is 0 Å². The van der Waals surface area contributed by atoms with Crippen LogP contribution >= 0.6 is 0 Å². The zero-order valence-electron chi connectivity index (χ0n) is 3.47. The first-order valence-corrected chi connectivity index (χ1v) is 4.14. The van der Waals surface area contributed by atoms with E-state index in [-0.39, 0.29) is 0 Å². The van der Waals surface area contributed by atoms with Crippen molar-refractivity contribution in [3.8, 4) is 0 Å². The van der Waals surface area contributed by atoms with Gasteiger partial charge in [-0.05, 0) is 0 Å². The van der Waals surface area contributed by atoms with Crippen LogP contribution in [-0.4, -0.2) is 8.80 Å². The van der Waals surface area contributed by atoms with Gasteiger partial charge in [-0.15, -0.1) is 0 Å². The Morgan fingerprint density at radius 1 is 1.20 bits per heavy atom. The molecule has 0 N–H and O–H groups in total. The zero-order chi connectivity index (χ0) is 4.12. The molecule has 0 fully saturated rings. The van der Waals surface area contributed by atoms with E-state index in [1.165, 1.54) is 0 Å². The summed E-state index contributed by atoms with van der Waals surface area (Å²) in [6.07, 6.45) is 0. The third-order valence-electron chi connectivity index (χ3n) is 0.211. The Morgan fingerprint density at radius 3 is 1.60 bits per heavy atom. The molecule has 0 heterocycles. The Labute approximate surface area is 40.8 Å². The Hall–Kier alpha value is 0.428. The van der Waals surface area contributed by atoms with Crippen molar-refractivity contribution >= 4 is 8.80 Å². The molecule has 5 heavy (non-hydrogen) atoms. The van der Waals surface area contributed by atoms with Crippen LogP contribution in [0.2, 0.25) is 0 Å². The Balaban J connectivity index is 3.26. The van der Waals surface area contributed by atoms with Gasteiger partial charge in [0.2, 0.25) is 0 Å². The van der Waals surface area contributed by atoms with Gasteiger partial charge in [-0.3, -0.25) is 0 Å². The molecule has 0 aromatic carbocycles. The summed E-state index contributed by atoms with van der Waals surface area (Å²) in [5, 5.41) is 0. The minimum atomic E-state index is 0.373. The van der Waals surface area contributed by atoms with E-state index in [9.17, 15) is 0 Å². The predicted molar refractivity (Wildman–Crippen MR) is 23.5 cm³/mol. The fourth-order valence-corrected chi connectivity index (χ4v) is 0.863. The van der Waals surface area contributed by atoms with Crippen molar-refractivity contribution in [3.63, 3.8) is 0 Å². The van der Waals surface area contributed by atoms with Crippen LogP contribution in [0.4, 0.5) is 0 Å². The zero-order valence-corrected chi connectivity index (χ0v) is 5.74. The van der Waals surface area contributed by atoms with E-state index in [1.807, 2.05) is 0 Å². The molecule has 0 aliphatic heterocycles. The molecule has 0 saturated heterocycles. The van der Waals surface area contributed by atoms with Crippen LogP contribution in [0.5, 0.6) is 0 Å². The topological polar surface area (TPSA) is 0 Å². The molecule has 0 radical (unpaired) electrons. The van der Waals surface area contributed by atoms with Gasteiger partial charge < -0.3 is 0 Å². The molecule has 0 saturated carbocycles. The first-order chi connectivity index (χ1) is 2.41. The standard InChI is InChI=1S/2C2H4.Pt/c2*1-2;/h2*1H,2H3;. The molecule has 0 unspecified atom stereocenters. The second-order valence-corrected chi connectivity index (χ2v) is 3.85. The van der Waals surface area contributed by atoms with Gasteiger partial charge in [-0.1, -0.05) is 0 Å². The molecule has 1 heteroatoms. The first-order valence-electron chi connectivity index (χ1n) is 1.52. The Bertz CT molecular complexity index is 52.0. The molecular formula is C4H8Pt. The van der Waals surface area contributed by atoms with Crippen LogP contribution in [0.1, 0.15) is 13.8 Å². The van der Waals surface area contributed by atoms with Gasteiger partial charge in [-0.2, -0.15) is 0 Å². The number of hydrogen-bond acceptors (Lipinski definition) is 0. The maximum absolute atomic E-state index is 2.24. The van der Waals surface area contributed by atoms with E-state index in [4.69, 9.17) is 0 Å². The summed E-state index contributed by atoms with van der Waals surface area (Å²) in [5.74, 6) is 0. The van der Waals surface area contributed by atoms with Crippen molar-refractivity contribution in [1.82, 2.24) is 0 Å². The molecule has 0 amide bonds. The van der Waals surface area contributed by atoms with Crippen LogP contribution in [0.25, 0.3) is 0 Å². The molecule has 0 spiro atoms. The first kappa shape index (κ1) is 5.43. The van der Waals surface area contributed by atoms with Crippen molar-refractivity contribution < 1.29 is 17.6 Å². The van der Waals surface area contributed by atoms with E-state index in [0.29, 0.717) is 17.6 Å². The summed E-state index contributed by atoms with van der Waals surface area (Å²) in [5.41, 5.74) is 0. The third kappa shape index (κ3) is 4.43. The average Bonchev–Trinajstić information content (AvgIpc) is 1.41. The van der Waals surface area contributed by atoms with Crippen molar-refractivity contribution in [2.24, 2.45) is 0 Å². The van der Waals surface area contributed by atoms with E-state index in [2.05, 4.69) is 22.6 Å². The van der Waals surface area contributed by atoms with E-state index >= 15 is 0 Å². The van der Waals surface area contributed by atoms with Crippen LogP contribution in [0.3, 0.4) is 0 Å². The maximum atomic E-state index is 2.24. The van der Waals surface area contributed by atoms with Crippen LogP contribution in [0.15, 0.2) is 0 Å². The Morgan fingerprint density at radius 2 is 1.60 bits per heavy atom. The number of hydrogen-bond donors (Lipinski definition) is 0. The van der Waals surface area contributed by atoms with Crippen molar-refractivity contribution in [3.05, 3.63) is 0 Å². The molecular weight excluding hydrogens is 243 g/mol. The monoisotopic (exact) mass is 251 g/mol. The summed E-state index contributed by atoms with van der Waals surface area (Å²) < 4.78 is 4.47. The van der Waals surface area contributed by atoms with Gasteiger partial charge in [0, 0.05) is 0 Å². The second kappa shape index (κ2) is 4.43. The number of rotatable bonds is 0. The van der Waals surface area contributed by atoms with E-state index in [1.54, 1.807) is 0 Å². The van der Waals surface area contributed by atoms with E-state index in [0.717, 1.165) is 0 Å². The quantitative estimate of drug-likeness (QED) is 0.595. The summed E-state index contributed by atoms with van der Waals surface area (Å²) in [6, 6.07) is 0.